The summed E-state index contributed by atoms with van der Waals surface area (Å²) in [5.74, 6) is 7.56. The first-order chi connectivity index (χ1) is 9.67. The molecule has 2 heterocycles. The predicted molar refractivity (Wildman–Crippen MR) is 86.8 cm³/mol. The summed E-state index contributed by atoms with van der Waals surface area (Å²) in [6, 6.07) is 4.06. The van der Waals surface area contributed by atoms with Crippen LogP contribution in [-0.4, -0.2) is 9.97 Å². The average Bonchev–Trinajstić information content (AvgIpc) is 3.09. The summed E-state index contributed by atoms with van der Waals surface area (Å²) in [5.41, 5.74) is 3.78. The van der Waals surface area contributed by atoms with E-state index in [1.54, 1.807) is 11.3 Å². The Labute approximate surface area is 130 Å². The van der Waals surface area contributed by atoms with Crippen molar-refractivity contribution in [2.45, 2.75) is 38.5 Å². The Morgan fingerprint density at radius 3 is 2.65 bits per heavy atom. The van der Waals surface area contributed by atoms with Crippen LogP contribution in [0.5, 0.6) is 0 Å². The van der Waals surface area contributed by atoms with Gasteiger partial charge in [-0.15, -0.1) is 11.3 Å². The minimum absolute atomic E-state index is 0.549. The summed E-state index contributed by atoms with van der Waals surface area (Å²) in [4.78, 5) is 11.6. The molecule has 2 aromatic heterocycles. The fourth-order valence-corrected chi connectivity index (χ4v) is 4.12. The van der Waals surface area contributed by atoms with Crippen LogP contribution in [0, 0.1) is 6.92 Å². The third-order valence-electron chi connectivity index (χ3n) is 3.74. The molecule has 20 heavy (non-hydrogen) atoms. The molecule has 0 saturated heterocycles. The molecule has 1 saturated carbocycles. The van der Waals surface area contributed by atoms with Crippen LogP contribution in [0.15, 0.2) is 16.6 Å². The summed E-state index contributed by atoms with van der Waals surface area (Å²) in [7, 11) is 0. The molecule has 1 fully saturated rings. The molecule has 0 spiro atoms. The molecule has 1 aliphatic carbocycles. The van der Waals surface area contributed by atoms with Gasteiger partial charge in [-0.05, 0) is 41.8 Å². The first-order valence-electron chi connectivity index (χ1n) is 6.79. The van der Waals surface area contributed by atoms with Crippen molar-refractivity contribution in [2.24, 2.45) is 5.84 Å². The van der Waals surface area contributed by atoms with Crippen LogP contribution >= 0.6 is 27.3 Å². The molecule has 1 aliphatic rings. The quantitative estimate of drug-likeness (QED) is 0.641. The van der Waals surface area contributed by atoms with Crippen LogP contribution in [-0.2, 0) is 0 Å². The number of hydrogen-bond acceptors (Lipinski definition) is 5. The first-order valence-corrected chi connectivity index (χ1v) is 8.40. The number of thiophene rings is 1. The second kappa shape index (κ2) is 5.79. The fraction of sp³-hybridized carbons (Fsp3) is 0.429. The Balaban J connectivity index is 2.03. The number of nitrogen functional groups attached to an aromatic ring is 1. The van der Waals surface area contributed by atoms with E-state index in [1.165, 1.54) is 30.6 Å². The average molecular weight is 353 g/mol. The van der Waals surface area contributed by atoms with E-state index in [-0.39, 0.29) is 0 Å². The third kappa shape index (κ3) is 2.73. The minimum Gasteiger partial charge on any atom is -0.308 e. The van der Waals surface area contributed by atoms with Gasteiger partial charge in [0.1, 0.15) is 5.82 Å². The largest absolute Gasteiger partial charge is 0.308 e. The maximum Gasteiger partial charge on any atom is 0.171 e. The van der Waals surface area contributed by atoms with Gasteiger partial charge in [0.15, 0.2) is 5.82 Å². The number of hydrogen-bond donors (Lipinski definition) is 2. The van der Waals surface area contributed by atoms with Crippen LogP contribution < -0.4 is 11.3 Å². The normalized spacial score (nSPS) is 15.8. The molecule has 3 N–H and O–H groups in total. The van der Waals surface area contributed by atoms with Gasteiger partial charge < -0.3 is 5.43 Å². The lowest BCUT2D eigenvalue weighted by Crippen LogP contribution is -2.11. The highest BCUT2D eigenvalue weighted by atomic mass is 79.9. The van der Waals surface area contributed by atoms with Gasteiger partial charge in [0.2, 0.25) is 0 Å². The fourth-order valence-electron chi connectivity index (χ4n) is 2.65. The zero-order chi connectivity index (χ0) is 14.1. The lowest BCUT2D eigenvalue weighted by molar-refractivity contribution is 0.696. The van der Waals surface area contributed by atoms with Gasteiger partial charge in [-0.2, -0.15) is 0 Å². The van der Waals surface area contributed by atoms with Crippen molar-refractivity contribution in [2.75, 3.05) is 5.43 Å². The van der Waals surface area contributed by atoms with E-state index in [2.05, 4.69) is 39.3 Å². The van der Waals surface area contributed by atoms with Crippen molar-refractivity contribution in [3.63, 3.8) is 0 Å². The Hall–Kier alpha value is -0.980. The molecule has 0 aliphatic heterocycles. The Morgan fingerprint density at radius 1 is 1.30 bits per heavy atom. The van der Waals surface area contributed by atoms with Gasteiger partial charge in [-0.1, -0.05) is 12.8 Å². The standard InChI is InChI=1S/C14H17BrN4S/c1-8-10(15)6-12(20-8)14-17-11(7-13(18-14)19-16)9-4-2-3-5-9/h6-7,9H,2-5,16H2,1H3,(H,17,18,19). The highest BCUT2D eigenvalue weighted by molar-refractivity contribution is 9.10. The number of anilines is 1. The van der Waals surface area contributed by atoms with E-state index < -0.39 is 0 Å². The van der Waals surface area contributed by atoms with E-state index in [9.17, 15) is 0 Å². The van der Waals surface area contributed by atoms with Gasteiger partial charge in [-0.25, -0.2) is 15.8 Å². The topological polar surface area (TPSA) is 63.8 Å². The smallest absolute Gasteiger partial charge is 0.171 e. The van der Waals surface area contributed by atoms with Crippen molar-refractivity contribution in [3.8, 4) is 10.7 Å². The second-order valence-electron chi connectivity index (χ2n) is 5.14. The van der Waals surface area contributed by atoms with Crippen molar-refractivity contribution >= 4 is 33.1 Å². The number of hydrazine groups is 1. The summed E-state index contributed by atoms with van der Waals surface area (Å²) >= 11 is 5.25. The monoisotopic (exact) mass is 352 g/mol. The van der Waals surface area contributed by atoms with Crippen molar-refractivity contribution in [3.05, 3.63) is 27.2 Å². The van der Waals surface area contributed by atoms with Crippen LogP contribution in [0.4, 0.5) is 5.82 Å². The summed E-state index contributed by atoms with van der Waals surface area (Å²) in [6.45, 7) is 2.08. The summed E-state index contributed by atoms with van der Waals surface area (Å²) < 4.78 is 1.11. The maximum atomic E-state index is 5.55. The molecule has 4 nitrogen and oxygen atoms in total. The molecule has 0 bridgehead atoms. The molecule has 0 aromatic carbocycles. The van der Waals surface area contributed by atoms with Gasteiger partial charge in [0, 0.05) is 27.0 Å². The number of aryl methyl sites for hydroxylation is 1. The Morgan fingerprint density at radius 2 is 2.05 bits per heavy atom. The zero-order valence-corrected chi connectivity index (χ0v) is 13.7. The lowest BCUT2D eigenvalue weighted by atomic mass is 10.0. The SMILES string of the molecule is Cc1sc(-c2nc(NN)cc(C3CCCC3)n2)cc1Br. The molecule has 3 rings (SSSR count). The Bertz CT molecular complexity index is 600. The first kappa shape index (κ1) is 14.0. The molecule has 0 amide bonds. The van der Waals surface area contributed by atoms with E-state index in [0.717, 1.165) is 20.9 Å². The van der Waals surface area contributed by atoms with Crippen molar-refractivity contribution in [1.82, 2.24) is 9.97 Å². The van der Waals surface area contributed by atoms with Gasteiger partial charge >= 0.3 is 0 Å². The highest BCUT2D eigenvalue weighted by Gasteiger charge is 2.20. The maximum absolute atomic E-state index is 5.55. The Kier molecular flexibility index (Phi) is 4.05. The van der Waals surface area contributed by atoms with E-state index in [4.69, 9.17) is 10.8 Å². The van der Waals surface area contributed by atoms with Crippen LogP contribution in [0.25, 0.3) is 10.7 Å². The molecule has 0 atom stereocenters. The molecule has 2 aromatic rings. The highest BCUT2D eigenvalue weighted by Crippen LogP contribution is 2.36. The van der Waals surface area contributed by atoms with Gasteiger partial charge in [0.25, 0.3) is 0 Å². The van der Waals surface area contributed by atoms with Crippen LogP contribution in [0.2, 0.25) is 0 Å². The molecular weight excluding hydrogens is 336 g/mol. The van der Waals surface area contributed by atoms with Crippen molar-refractivity contribution < 1.29 is 0 Å². The van der Waals surface area contributed by atoms with E-state index in [0.29, 0.717) is 11.7 Å². The number of nitrogens with one attached hydrogen (secondary N) is 1. The number of nitrogens with two attached hydrogens (primary N) is 1. The van der Waals surface area contributed by atoms with Crippen molar-refractivity contribution in [1.29, 1.82) is 0 Å². The summed E-state index contributed by atoms with van der Waals surface area (Å²) in [6.07, 6.45) is 5.01. The summed E-state index contributed by atoms with van der Waals surface area (Å²) in [5, 5.41) is 0. The number of aromatic nitrogens is 2. The number of rotatable bonds is 3. The lowest BCUT2D eigenvalue weighted by Gasteiger charge is -2.11. The molecular formula is C14H17BrN4S. The second-order valence-corrected chi connectivity index (χ2v) is 7.25. The molecule has 0 unspecified atom stereocenters. The molecule has 0 radical (unpaired) electrons. The molecule has 106 valence electrons. The van der Waals surface area contributed by atoms with E-state index in [1.807, 2.05) is 6.07 Å². The molecule has 6 heteroatoms. The van der Waals surface area contributed by atoms with Gasteiger partial charge in [0.05, 0.1) is 4.88 Å². The minimum atomic E-state index is 0.549. The third-order valence-corrected chi connectivity index (χ3v) is 5.88. The van der Waals surface area contributed by atoms with Gasteiger partial charge in [-0.3, -0.25) is 0 Å². The van der Waals surface area contributed by atoms with E-state index >= 15 is 0 Å². The zero-order valence-electron chi connectivity index (χ0n) is 11.3. The van der Waals surface area contributed by atoms with Crippen LogP contribution in [0.3, 0.4) is 0 Å². The van der Waals surface area contributed by atoms with Crippen LogP contribution in [0.1, 0.15) is 42.2 Å². The number of halogens is 1. The predicted octanol–water partition coefficient (Wildman–Crippen LogP) is 4.22. The number of nitrogens with zero attached hydrogens (tertiary/aromatic N) is 2.